The average Bonchev–Trinajstić information content (AvgIpc) is 1.58. The largest absolute Gasteiger partial charge is 0.455 e. The maximum Gasteiger partial charge on any atom is 0.143 e. The van der Waals surface area contributed by atoms with Crippen LogP contribution < -0.4 is 9.80 Å². The van der Waals surface area contributed by atoms with Gasteiger partial charge in [-0.15, -0.1) is 11.3 Å². The number of hydrogen-bond donors (Lipinski definition) is 0. The molecule has 0 N–H and O–H groups in total. The first-order chi connectivity index (χ1) is 56.5. The van der Waals surface area contributed by atoms with E-state index < -0.39 is 0 Å². The minimum Gasteiger partial charge on any atom is -0.455 e. The molecule has 0 atom stereocenters. The van der Waals surface area contributed by atoms with Crippen LogP contribution in [0.3, 0.4) is 0 Å². The first kappa shape index (κ1) is 66.2. The fourth-order valence-electron chi connectivity index (χ4n) is 17.5. The van der Waals surface area contributed by atoms with Gasteiger partial charge < -0.3 is 23.4 Å². The Balaban J connectivity index is 0.588. The van der Waals surface area contributed by atoms with E-state index in [9.17, 15) is 0 Å². The van der Waals surface area contributed by atoms with Crippen molar-refractivity contribution in [1.29, 1.82) is 0 Å². The summed E-state index contributed by atoms with van der Waals surface area (Å²) >= 11 is 1.86. The smallest absolute Gasteiger partial charge is 0.143 e. The number of thiophene rings is 1. The monoisotopic (exact) mass is 1470 g/mol. The zero-order valence-corrected chi connectivity index (χ0v) is 62.8. The Morgan fingerprint density at radius 1 is 0.202 bits per heavy atom. The van der Waals surface area contributed by atoms with Crippen molar-refractivity contribution in [2.24, 2.45) is 0 Å². The third-order valence-electron chi connectivity index (χ3n) is 22.9. The number of fused-ring (bicyclic) bond motifs is 12. The van der Waals surface area contributed by atoms with Gasteiger partial charge in [0.1, 0.15) is 11.2 Å². The second kappa shape index (κ2) is 27.6. The molecule has 5 nitrogen and oxygen atoms in total. The second-order valence-electron chi connectivity index (χ2n) is 29.5. The Morgan fingerprint density at radius 3 is 1.02 bits per heavy atom. The van der Waals surface area contributed by atoms with E-state index in [0.29, 0.717) is 0 Å². The minimum atomic E-state index is 0.889. The van der Waals surface area contributed by atoms with Gasteiger partial charge in [0.15, 0.2) is 0 Å². The van der Waals surface area contributed by atoms with Gasteiger partial charge in [0.2, 0.25) is 0 Å². The van der Waals surface area contributed by atoms with Crippen molar-refractivity contribution in [1.82, 2.24) is 9.13 Å². The molecule has 22 rings (SSSR count). The van der Waals surface area contributed by atoms with E-state index in [1.165, 1.54) is 97.3 Å². The SMILES string of the molecule is c1ccc(-c2ccc(N(c3ccc(-c4ccc5c(c4)sc4cc(-c6cccc(-c7ccc(N(c8ccc(-c9cccc%10c9oc9ccccc9%10)cc8)c8ccc9c%10c(-c%11ccccc%11)cccc%10n(-c%10ccccc%10)c9c8)cc7)c6)ccc45)cc3)c3ccc4c5c(-c6ccccc6)cccc5n(-c5ccccc5)c4c3)cc2)cc1. The van der Waals surface area contributed by atoms with Crippen molar-refractivity contribution < 1.29 is 4.42 Å². The van der Waals surface area contributed by atoms with Gasteiger partial charge in [-0.05, 0) is 206 Å². The molecule has 0 aliphatic rings. The first-order valence-electron chi connectivity index (χ1n) is 38.9. The molecule has 534 valence electrons. The van der Waals surface area contributed by atoms with Gasteiger partial charge in [0, 0.05) is 104 Å². The van der Waals surface area contributed by atoms with Crippen molar-refractivity contribution in [3.8, 4) is 89.3 Å². The molecule has 0 aliphatic heterocycles. The summed E-state index contributed by atoms with van der Waals surface area (Å²) in [6, 6.07) is 155. The highest BCUT2D eigenvalue weighted by Crippen LogP contribution is 2.48. The highest BCUT2D eigenvalue weighted by atomic mass is 32.1. The third kappa shape index (κ3) is 11.5. The highest BCUT2D eigenvalue weighted by molar-refractivity contribution is 7.25. The summed E-state index contributed by atoms with van der Waals surface area (Å²) in [5.41, 5.74) is 31.3. The molecule has 114 heavy (non-hydrogen) atoms. The topological polar surface area (TPSA) is 29.5 Å². The summed E-state index contributed by atoms with van der Waals surface area (Å²) in [7, 11) is 0. The van der Waals surface area contributed by atoms with Crippen LogP contribution in [0, 0.1) is 0 Å². The molecule has 0 saturated carbocycles. The molecule has 0 aliphatic carbocycles. The number of rotatable bonds is 15. The predicted molar refractivity (Wildman–Crippen MR) is 483 cm³/mol. The number of nitrogens with zero attached hydrogens (tertiary/aromatic N) is 4. The van der Waals surface area contributed by atoms with Crippen molar-refractivity contribution in [2.75, 3.05) is 9.80 Å². The molecule has 18 aromatic carbocycles. The number of aromatic nitrogens is 2. The van der Waals surface area contributed by atoms with Crippen LogP contribution in [0.4, 0.5) is 34.1 Å². The first-order valence-corrected chi connectivity index (χ1v) is 39.7. The van der Waals surface area contributed by atoms with Crippen LogP contribution in [0.1, 0.15) is 0 Å². The lowest BCUT2D eigenvalue weighted by atomic mass is 9.97. The molecule has 0 spiro atoms. The van der Waals surface area contributed by atoms with Crippen LogP contribution >= 0.6 is 11.3 Å². The van der Waals surface area contributed by atoms with E-state index in [1.807, 2.05) is 17.4 Å². The number of hydrogen-bond acceptors (Lipinski definition) is 4. The quantitative estimate of drug-likeness (QED) is 0.102. The molecule has 0 bridgehead atoms. The average molecular weight is 1470 g/mol. The van der Waals surface area contributed by atoms with Crippen LogP contribution in [0.5, 0.6) is 0 Å². The standard InChI is InChI=1S/C108H70N4OS/c1-6-22-71(23-7-1)72-42-52-84(53-43-72)109(88-60-64-97-101(69-88)111(82-30-12-4-13-31-82)99-39-20-35-90(106(97)99)75-24-8-2-9-25-75)86-56-46-74(47-57-86)80-50-62-94-95-63-51-81(68-105(95)114-104(94)67-80)79-29-18-28-78(66-79)73-44-54-85(55-45-73)110(87-58-48-77(49-59-87)92-37-19-38-96-93-34-16-17-41-103(93)113-108(92)96)89-61-65-98-102(70-89)112(83-32-14-5-15-33-83)100-40-21-36-91(107(98)100)76-26-10-3-11-27-76/h1-70H. The lowest BCUT2D eigenvalue weighted by Crippen LogP contribution is -2.10. The van der Waals surface area contributed by atoms with E-state index in [-0.39, 0.29) is 0 Å². The van der Waals surface area contributed by atoms with Crippen LogP contribution in [0.25, 0.3) is 175 Å². The summed E-state index contributed by atoms with van der Waals surface area (Å²) in [6.45, 7) is 0. The van der Waals surface area contributed by atoms with E-state index >= 15 is 0 Å². The molecule has 0 radical (unpaired) electrons. The van der Waals surface area contributed by atoms with Gasteiger partial charge >= 0.3 is 0 Å². The Bertz CT molecular complexity index is 7410. The van der Waals surface area contributed by atoms with Crippen molar-refractivity contribution in [3.05, 3.63) is 425 Å². The van der Waals surface area contributed by atoms with Crippen LogP contribution in [0.2, 0.25) is 0 Å². The number of furan rings is 1. The molecule has 0 unspecified atom stereocenters. The van der Waals surface area contributed by atoms with Crippen LogP contribution in [-0.2, 0) is 0 Å². The molecule has 4 aromatic heterocycles. The molecule has 6 heteroatoms. The van der Waals surface area contributed by atoms with Gasteiger partial charge in [0.25, 0.3) is 0 Å². The zero-order chi connectivity index (χ0) is 75.2. The number of para-hydroxylation sites is 4. The summed E-state index contributed by atoms with van der Waals surface area (Å²) < 4.78 is 14.0. The lowest BCUT2D eigenvalue weighted by molar-refractivity contribution is 0.670. The van der Waals surface area contributed by atoms with Gasteiger partial charge in [-0.25, -0.2) is 0 Å². The fourth-order valence-corrected chi connectivity index (χ4v) is 18.7. The highest BCUT2D eigenvalue weighted by Gasteiger charge is 2.24. The minimum absolute atomic E-state index is 0.889. The molecule has 22 aromatic rings. The maximum absolute atomic E-state index is 6.58. The predicted octanol–water partition coefficient (Wildman–Crippen LogP) is 30.8. The molecule has 0 saturated heterocycles. The van der Waals surface area contributed by atoms with Gasteiger partial charge in [-0.3, -0.25) is 0 Å². The Morgan fingerprint density at radius 2 is 0.526 bits per heavy atom. The molecule has 0 fully saturated rings. The van der Waals surface area contributed by atoms with Gasteiger partial charge in [0.05, 0.1) is 22.1 Å². The summed E-state index contributed by atoms with van der Waals surface area (Å²) in [4.78, 5) is 4.80. The fraction of sp³-hybridized carbons (Fsp3) is 0. The van der Waals surface area contributed by atoms with Crippen molar-refractivity contribution >= 4 is 131 Å². The van der Waals surface area contributed by atoms with Gasteiger partial charge in [-0.1, -0.05) is 291 Å². The Kier molecular flexibility index (Phi) is 16.0. The number of benzene rings is 18. The van der Waals surface area contributed by atoms with Crippen LogP contribution in [0.15, 0.2) is 429 Å². The summed E-state index contributed by atoms with van der Waals surface area (Å²) in [6.07, 6.45) is 0. The maximum atomic E-state index is 6.58. The third-order valence-corrected chi connectivity index (χ3v) is 24.0. The summed E-state index contributed by atoms with van der Waals surface area (Å²) in [5.74, 6) is 0. The zero-order valence-electron chi connectivity index (χ0n) is 62.0. The Labute approximate surface area is 663 Å². The molecular formula is C108H70N4OS. The van der Waals surface area contributed by atoms with E-state index in [0.717, 1.165) is 112 Å². The molecule has 4 heterocycles. The van der Waals surface area contributed by atoms with E-state index in [2.05, 4.69) is 438 Å². The summed E-state index contributed by atoms with van der Waals surface area (Å²) in [5, 5.41) is 9.64. The Hall–Kier alpha value is -14.8. The van der Waals surface area contributed by atoms with E-state index in [4.69, 9.17) is 4.42 Å². The van der Waals surface area contributed by atoms with Gasteiger partial charge in [-0.2, -0.15) is 0 Å². The molecular weight excluding hydrogens is 1400 g/mol. The second-order valence-corrected chi connectivity index (χ2v) is 30.6. The normalized spacial score (nSPS) is 11.7. The van der Waals surface area contributed by atoms with E-state index in [1.54, 1.807) is 0 Å². The van der Waals surface area contributed by atoms with Crippen molar-refractivity contribution in [2.45, 2.75) is 0 Å². The molecule has 0 amide bonds. The lowest BCUT2D eigenvalue weighted by Gasteiger charge is -2.26. The number of anilines is 6. The van der Waals surface area contributed by atoms with Crippen molar-refractivity contribution in [3.63, 3.8) is 0 Å². The van der Waals surface area contributed by atoms with Crippen LogP contribution in [-0.4, -0.2) is 9.13 Å².